The largest absolute Gasteiger partial charge is 0.371 e. The molecule has 4 nitrogen and oxygen atoms in total. The van der Waals surface area contributed by atoms with Gasteiger partial charge < -0.3 is 10.2 Å². The summed E-state index contributed by atoms with van der Waals surface area (Å²) >= 11 is 0. The Morgan fingerprint density at radius 1 is 1.20 bits per heavy atom. The molecular weight excluding hydrogens is 317 g/mol. The van der Waals surface area contributed by atoms with Crippen LogP contribution in [0, 0.1) is 30.0 Å². The number of likely N-dealkylation sites (tertiary alicyclic amines) is 1. The molecule has 1 atom stereocenters. The first-order chi connectivity index (χ1) is 12.2. The minimum absolute atomic E-state index is 0.114. The summed E-state index contributed by atoms with van der Waals surface area (Å²) < 4.78 is 13.0. The highest BCUT2D eigenvalue weighted by molar-refractivity contribution is 5.78. The molecule has 1 aromatic rings. The van der Waals surface area contributed by atoms with E-state index in [9.17, 15) is 9.18 Å². The number of nitrogens with one attached hydrogen (secondary N) is 1. The molecule has 0 aromatic heterocycles. The monoisotopic (exact) mass is 343 g/mol. The van der Waals surface area contributed by atoms with E-state index in [1.54, 1.807) is 0 Å². The predicted molar refractivity (Wildman–Crippen MR) is 97.7 cm³/mol. The lowest BCUT2D eigenvalue weighted by atomic mass is 9.95. The van der Waals surface area contributed by atoms with E-state index in [1.165, 1.54) is 12.1 Å². The molecule has 0 unspecified atom stereocenters. The van der Waals surface area contributed by atoms with E-state index in [1.807, 2.05) is 12.1 Å². The van der Waals surface area contributed by atoms with Gasteiger partial charge >= 0.3 is 0 Å². The van der Waals surface area contributed by atoms with Crippen molar-refractivity contribution in [3.05, 3.63) is 30.1 Å². The zero-order chi connectivity index (χ0) is 17.6. The van der Waals surface area contributed by atoms with Crippen molar-refractivity contribution in [3.63, 3.8) is 0 Å². The summed E-state index contributed by atoms with van der Waals surface area (Å²) in [7, 11) is 0. The number of benzene rings is 1. The van der Waals surface area contributed by atoms with Crippen LogP contribution in [0.5, 0.6) is 0 Å². The Bertz CT molecular complexity index is 617. The van der Waals surface area contributed by atoms with Crippen molar-refractivity contribution >= 4 is 11.6 Å². The fourth-order valence-corrected chi connectivity index (χ4v) is 3.76. The Hall–Kier alpha value is -2.06. The second kappa shape index (κ2) is 8.35. The van der Waals surface area contributed by atoms with Crippen molar-refractivity contribution < 1.29 is 9.18 Å². The molecule has 1 N–H and O–H groups in total. The topological polar surface area (TPSA) is 35.6 Å². The molecule has 2 heterocycles. The molecule has 0 bridgehead atoms. The van der Waals surface area contributed by atoms with Crippen molar-refractivity contribution in [1.82, 2.24) is 10.2 Å². The normalized spacial score (nSPS) is 21.9. The van der Waals surface area contributed by atoms with Gasteiger partial charge in [-0.1, -0.05) is 5.92 Å². The molecule has 0 saturated carbocycles. The highest BCUT2D eigenvalue weighted by Gasteiger charge is 2.27. The molecule has 3 rings (SSSR count). The van der Waals surface area contributed by atoms with E-state index >= 15 is 0 Å². The Morgan fingerprint density at radius 2 is 1.92 bits per heavy atom. The number of hydrogen-bond donors (Lipinski definition) is 1. The maximum absolute atomic E-state index is 13.0. The summed E-state index contributed by atoms with van der Waals surface area (Å²) in [4.78, 5) is 16.9. The Labute approximate surface area is 149 Å². The van der Waals surface area contributed by atoms with Crippen molar-refractivity contribution in [1.29, 1.82) is 0 Å². The summed E-state index contributed by atoms with van der Waals surface area (Å²) in [5.74, 6) is 3.21. The standard InChI is InChI=1S/C20H26FN3O/c1-2-10-23-11-8-17(9-12-23)20(25)22-14-16-7-13-24(15-16)19-5-3-18(21)4-6-19/h1,3-6,16-17H,7-15H2,(H,22,25)/t16-/m1/s1. The number of halogens is 1. The van der Waals surface area contributed by atoms with Crippen LogP contribution in [0.25, 0.3) is 0 Å². The molecule has 1 aromatic carbocycles. The molecule has 25 heavy (non-hydrogen) atoms. The number of terminal acetylenes is 1. The lowest BCUT2D eigenvalue weighted by molar-refractivity contribution is -0.126. The van der Waals surface area contributed by atoms with Gasteiger partial charge in [-0.3, -0.25) is 9.69 Å². The highest BCUT2D eigenvalue weighted by Crippen LogP contribution is 2.24. The van der Waals surface area contributed by atoms with Crippen LogP contribution in [0.2, 0.25) is 0 Å². The smallest absolute Gasteiger partial charge is 0.223 e. The Morgan fingerprint density at radius 3 is 2.60 bits per heavy atom. The number of amides is 1. The van der Waals surface area contributed by atoms with Crippen LogP contribution in [0.3, 0.4) is 0 Å². The first kappa shape index (κ1) is 17.8. The number of piperidine rings is 1. The molecule has 1 amide bonds. The lowest BCUT2D eigenvalue weighted by Crippen LogP contribution is -2.42. The maximum Gasteiger partial charge on any atom is 0.223 e. The molecule has 2 saturated heterocycles. The van der Waals surface area contributed by atoms with Crippen LogP contribution >= 0.6 is 0 Å². The second-order valence-corrected chi connectivity index (χ2v) is 7.08. The number of anilines is 1. The fraction of sp³-hybridized carbons (Fsp3) is 0.550. The zero-order valence-corrected chi connectivity index (χ0v) is 14.6. The second-order valence-electron chi connectivity index (χ2n) is 7.08. The van der Waals surface area contributed by atoms with Crippen molar-refractivity contribution in [2.75, 3.05) is 44.2 Å². The number of carbonyl (C=O) groups is 1. The molecule has 0 spiro atoms. The molecule has 0 radical (unpaired) electrons. The van der Waals surface area contributed by atoms with Gasteiger partial charge in [-0.2, -0.15) is 0 Å². The average molecular weight is 343 g/mol. The molecule has 2 aliphatic heterocycles. The number of hydrogen-bond acceptors (Lipinski definition) is 3. The van der Waals surface area contributed by atoms with Crippen molar-refractivity contribution in [2.45, 2.75) is 19.3 Å². The molecule has 2 aliphatic rings. The van der Waals surface area contributed by atoms with E-state index in [4.69, 9.17) is 6.42 Å². The Balaban J connectivity index is 1.40. The van der Waals surface area contributed by atoms with Crippen LogP contribution in [0.15, 0.2) is 24.3 Å². The third-order valence-electron chi connectivity index (χ3n) is 5.32. The molecule has 134 valence electrons. The van der Waals surface area contributed by atoms with Gasteiger partial charge in [0.25, 0.3) is 0 Å². The van der Waals surface area contributed by atoms with Gasteiger partial charge in [0.2, 0.25) is 5.91 Å². The average Bonchev–Trinajstić information content (AvgIpc) is 3.10. The van der Waals surface area contributed by atoms with Gasteiger partial charge in [0.05, 0.1) is 6.54 Å². The van der Waals surface area contributed by atoms with Crippen molar-refractivity contribution in [2.24, 2.45) is 11.8 Å². The van der Waals surface area contributed by atoms with Gasteiger partial charge in [0, 0.05) is 31.2 Å². The van der Waals surface area contributed by atoms with Gasteiger partial charge in [0.15, 0.2) is 0 Å². The highest BCUT2D eigenvalue weighted by atomic mass is 19.1. The fourth-order valence-electron chi connectivity index (χ4n) is 3.76. The minimum Gasteiger partial charge on any atom is -0.371 e. The predicted octanol–water partition coefficient (Wildman–Crippen LogP) is 2.11. The van der Waals surface area contributed by atoms with E-state index in [0.29, 0.717) is 12.5 Å². The van der Waals surface area contributed by atoms with E-state index in [0.717, 1.165) is 57.7 Å². The lowest BCUT2D eigenvalue weighted by Gasteiger charge is -2.30. The van der Waals surface area contributed by atoms with Crippen LogP contribution in [0.4, 0.5) is 10.1 Å². The summed E-state index contributed by atoms with van der Waals surface area (Å²) in [5, 5.41) is 3.14. The van der Waals surface area contributed by atoms with Gasteiger partial charge in [-0.25, -0.2) is 4.39 Å². The molecule has 2 fully saturated rings. The van der Waals surface area contributed by atoms with Gasteiger partial charge in [-0.05, 0) is 62.5 Å². The Kier molecular flexibility index (Phi) is 5.93. The molecule has 5 heteroatoms. The van der Waals surface area contributed by atoms with Gasteiger partial charge in [0.1, 0.15) is 5.82 Å². The third kappa shape index (κ3) is 4.73. The van der Waals surface area contributed by atoms with Gasteiger partial charge in [-0.15, -0.1) is 6.42 Å². The van der Waals surface area contributed by atoms with Crippen LogP contribution < -0.4 is 10.2 Å². The van der Waals surface area contributed by atoms with Crippen LogP contribution in [0.1, 0.15) is 19.3 Å². The number of rotatable bonds is 5. The quantitative estimate of drug-likeness (QED) is 0.832. The molecular formula is C20H26FN3O. The zero-order valence-electron chi connectivity index (χ0n) is 14.6. The third-order valence-corrected chi connectivity index (χ3v) is 5.32. The molecule has 0 aliphatic carbocycles. The van der Waals surface area contributed by atoms with Crippen LogP contribution in [-0.4, -0.2) is 50.1 Å². The number of nitrogens with zero attached hydrogens (tertiary/aromatic N) is 2. The summed E-state index contributed by atoms with van der Waals surface area (Å²) in [5.41, 5.74) is 1.05. The minimum atomic E-state index is -0.208. The van der Waals surface area contributed by atoms with E-state index < -0.39 is 0 Å². The maximum atomic E-state index is 13.0. The van der Waals surface area contributed by atoms with E-state index in [-0.39, 0.29) is 17.6 Å². The van der Waals surface area contributed by atoms with Crippen molar-refractivity contribution in [3.8, 4) is 12.3 Å². The summed E-state index contributed by atoms with van der Waals surface area (Å²) in [6, 6.07) is 6.63. The summed E-state index contributed by atoms with van der Waals surface area (Å²) in [6.07, 6.45) is 8.17. The summed E-state index contributed by atoms with van der Waals surface area (Å²) in [6.45, 7) is 5.08. The number of carbonyl (C=O) groups excluding carboxylic acids is 1. The first-order valence-electron chi connectivity index (χ1n) is 9.09. The SMILES string of the molecule is C#CCN1CCC(C(=O)NC[C@H]2CCN(c3ccc(F)cc3)C2)CC1. The van der Waals surface area contributed by atoms with Crippen LogP contribution in [-0.2, 0) is 4.79 Å². The first-order valence-corrected chi connectivity index (χ1v) is 9.09. The van der Waals surface area contributed by atoms with E-state index in [2.05, 4.69) is 21.0 Å².